The maximum Gasteiger partial charge on any atom is 0.338 e. The topological polar surface area (TPSA) is 129 Å². The number of esters is 3. The first kappa shape index (κ1) is 26.2. The van der Waals surface area contributed by atoms with Crippen molar-refractivity contribution in [1.29, 1.82) is 0 Å². The minimum atomic E-state index is -1.24. The summed E-state index contributed by atoms with van der Waals surface area (Å²) in [4.78, 5) is 36.7. The highest BCUT2D eigenvalue weighted by Gasteiger charge is 2.38. The van der Waals surface area contributed by atoms with E-state index in [4.69, 9.17) is 18.9 Å². The molecule has 0 spiro atoms. The lowest BCUT2D eigenvalue weighted by molar-refractivity contribution is -0.172. The molecular weight excluding hydrogens is 408 g/mol. The first-order valence-electron chi connectivity index (χ1n) is 9.91. The summed E-state index contributed by atoms with van der Waals surface area (Å²) in [5, 5.41) is 18.7. The molecule has 0 saturated heterocycles. The van der Waals surface area contributed by atoms with Gasteiger partial charge in [-0.05, 0) is 59.7 Å². The molecule has 0 radical (unpaired) electrons. The average molecular weight is 440 g/mol. The van der Waals surface area contributed by atoms with Crippen molar-refractivity contribution >= 4 is 17.9 Å². The number of phenols is 2. The number of carbonyl (C=O) groups is 3. The van der Waals surface area contributed by atoms with E-state index in [1.807, 2.05) is 13.8 Å². The zero-order valence-corrected chi connectivity index (χ0v) is 18.9. The summed E-state index contributed by atoms with van der Waals surface area (Å²) >= 11 is 0. The van der Waals surface area contributed by atoms with Gasteiger partial charge in [-0.1, -0.05) is 0 Å². The number of aromatic hydroxyl groups is 2. The monoisotopic (exact) mass is 440 g/mol. The molecule has 9 heteroatoms. The summed E-state index contributed by atoms with van der Waals surface area (Å²) in [5.41, 5.74) is -1.93. The van der Waals surface area contributed by atoms with Gasteiger partial charge in [-0.25, -0.2) is 4.79 Å². The molecule has 0 aromatic heterocycles. The molecule has 1 aromatic carbocycles. The maximum absolute atomic E-state index is 12.6. The van der Waals surface area contributed by atoms with Gasteiger partial charge in [-0.3, -0.25) is 9.59 Å². The molecule has 31 heavy (non-hydrogen) atoms. The van der Waals surface area contributed by atoms with Crippen LogP contribution in [0.3, 0.4) is 0 Å². The van der Waals surface area contributed by atoms with Gasteiger partial charge in [0.05, 0.1) is 23.7 Å². The van der Waals surface area contributed by atoms with Crippen molar-refractivity contribution in [3.63, 3.8) is 0 Å². The van der Waals surface area contributed by atoms with Crippen molar-refractivity contribution in [2.24, 2.45) is 10.8 Å². The molecule has 0 aliphatic rings. The Balaban J connectivity index is 2.63. The van der Waals surface area contributed by atoms with Gasteiger partial charge < -0.3 is 29.2 Å². The summed E-state index contributed by atoms with van der Waals surface area (Å²) in [5.74, 6) is -2.68. The SMILES string of the molecule is CC(C)OCC(C)(COC(=O)C(C)(C)C)C(=O)OCCOC(=O)c1ccc(O)c(O)c1. The molecule has 0 saturated carbocycles. The van der Waals surface area contributed by atoms with Crippen LogP contribution in [0, 0.1) is 10.8 Å². The normalized spacial score (nSPS) is 13.4. The standard InChI is InChI=1S/C22H32O9/c1-14(2)30-12-22(6,13-31-19(26)21(3,4)5)20(27)29-10-9-28-18(25)15-7-8-16(23)17(24)11-15/h7-8,11,14,23-24H,9-10,12-13H2,1-6H3. The molecule has 0 fully saturated rings. The summed E-state index contributed by atoms with van der Waals surface area (Å²) < 4.78 is 21.1. The molecule has 1 rings (SSSR count). The Morgan fingerprint density at radius 3 is 2.03 bits per heavy atom. The Kier molecular flexibility index (Phi) is 9.30. The van der Waals surface area contributed by atoms with Gasteiger partial charge in [-0.15, -0.1) is 0 Å². The zero-order valence-electron chi connectivity index (χ0n) is 18.9. The fourth-order valence-corrected chi connectivity index (χ4v) is 2.13. The quantitative estimate of drug-likeness (QED) is 0.244. The van der Waals surface area contributed by atoms with E-state index in [-0.39, 0.29) is 43.8 Å². The Labute approximate surface area is 182 Å². The second-order valence-corrected chi connectivity index (χ2v) is 8.72. The predicted octanol–water partition coefficient (Wildman–Crippen LogP) is 2.82. The number of ether oxygens (including phenoxy) is 4. The third-order valence-corrected chi connectivity index (χ3v) is 4.12. The van der Waals surface area contributed by atoms with Crippen molar-refractivity contribution in [2.75, 3.05) is 26.4 Å². The van der Waals surface area contributed by atoms with E-state index in [1.54, 1.807) is 27.7 Å². The summed E-state index contributed by atoms with van der Waals surface area (Å²) in [6.07, 6.45) is -0.145. The Bertz CT molecular complexity index is 780. The van der Waals surface area contributed by atoms with Crippen molar-refractivity contribution in [2.45, 2.75) is 47.6 Å². The van der Waals surface area contributed by atoms with Gasteiger partial charge in [0.2, 0.25) is 0 Å². The Morgan fingerprint density at radius 1 is 0.871 bits per heavy atom. The number of hydrogen-bond acceptors (Lipinski definition) is 9. The highest BCUT2D eigenvalue weighted by Crippen LogP contribution is 2.25. The summed E-state index contributed by atoms with van der Waals surface area (Å²) in [6, 6.07) is 3.51. The van der Waals surface area contributed by atoms with Crippen LogP contribution < -0.4 is 0 Å². The third kappa shape index (κ3) is 8.45. The van der Waals surface area contributed by atoms with Crippen LogP contribution >= 0.6 is 0 Å². The lowest BCUT2D eigenvalue weighted by Gasteiger charge is -2.29. The minimum Gasteiger partial charge on any atom is -0.504 e. The molecule has 1 aromatic rings. The third-order valence-electron chi connectivity index (χ3n) is 4.12. The van der Waals surface area contributed by atoms with Gasteiger partial charge in [0.15, 0.2) is 11.5 Å². The molecule has 0 heterocycles. The van der Waals surface area contributed by atoms with Gasteiger partial charge in [0.1, 0.15) is 25.2 Å². The van der Waals surface area contributed by atoms with Crippen LogP contribution in [0.1, 0.15) is 51.9 Å². The van der Waals surface area contributed by atoms with Gasteiger partial charge in [0, 0.05) is 0 Å². The first-order chi connectivity index (χ1) is 14.3. The zero-order chi connectivity index (χ0) is 23.8. The largest absolute Gasteiger partial charge is 0.504 e. The molecular formula is C22H32O9. The molecule has 1 unspecified atom stereocenters. The van der Waals surface area contributed by atoms with E-state index in [0.717, 1.165) is 12.1 Å². The van der Waals surface area contributed by atoms with E-state index < -0.39 is 34.5 Å². The van der Waals surface area contributed by atoms with Crippen molar-refractivity contribution in [1.82, 2.24) is 0 Å². The Hall–Kier alpha value is -2.81. The smallest absolute Gasteiger partial charge is 0.338 e. The highest BCUT2D eigenvalue weighted by atomic mass is 16.6. The van der Waals surface area contributed by atoms with Crippen LogP contribution in [0.4, 0.5) is 0 Å². The number of phenolic OH excluding ortho intramolecular Hbond substituents is 2. The molecule has 0 amide bonds. The Morgan fingerprint density at radius 2 is 1.48 bits per heavy atom. The molecule has 0 aliphatic carbocycles. The number of hydrogen-bond donors (Lipinski definition) is 2. The first-order valence-corrected chi connectivity index (χ1v) is 9.91. The van der Waals surface area contributed by atoms with E-state index in [2.05, 4.69) is 0 Å². The van der Waals surface area contributed by atoms with E-state index >= 15 is 0 Å². The van der Waals surface area contributed by atoms with Crippen LogP contribution in [0.2, 0.25) is 0 Å². The van der Waals surface area contributed by atoms with Crippen LogP contribution in [0.25, 0.3) is 0 Å². The second kappa shape index (κ2) is 11.0. The fraction of sp³-hybridized carbons (Fsp3) is 0.591. The molecule has 2 N–H and O–H groups in total. The van der Waals surface area contributed by atoms with Crippen molar-refractivity contribution in [3.8, 4) is 11.5 Å². The van der Waals surface area contributed by atoms with Crippen LogP contribution in [0.5, 0.6) is 11.5 Å². The summed E-state index contributed by atoms with van der Waals surface area (Å²) in [7, 11) is 0. The van der Waals surface area contributed by atoms with E-state index in [1.165, 1.54) is 6.07 Å². The number of carbonyl (C=O) groups excluding carboxylic acids is 3. The molecule has 174 valence electrons. The molecule has 1 atom stereocenters. The van der Waals surface area contributed by atoms with Crippen molar-refractivity contribution in [3.05, 3.63) is 23.8 Å². The van der Waals surface area contributed by atoms with E-state index in [0.29, 0.717) is 0 Å². The van der Waals surface area contributed by atoms with Gasteiger partial charge in [0.25, 0.3) is 0 Å². The van der Waals surface area contributed by atoms with Crippen LogP contribution in [-0.4, -0.2) is 60.7 Å². The average Bonchev–Trinajstić information content (AvgIpc) is 2.68. The van der Waals surface area contributed by atoms with Crippen LogP contribution in [-0.2, 0) is 28.5 Å². The lowest BCUT2D eigenvalue weighted by atomic mass is 9.92. The van der Waals surface area contributed by atoms with Crippen LogP contribution in [0.15, 0.2) is 18.2 Å². The highest BCUT2D eigenvalue weighted by molar-refractivity contribution is 5.90. The molecule has 9 nitrogen and oxygen atoms in total. The lowest BCUT2D eigenvalue weighted by Crippen LogP contribution is -2.42. The van der Waals surface area contributed by atoms with Gasteiger partial charge >= 0.3 is 17.9 Å². The second-order valence-electron chi connectivity index (χ2n) is 8.72. The molecule has 0 aliphatic heterocycles. The maximum atomic E-state index is 12.6. The van der Waals surface area contributed by atoms with E-state index in [9.17, 15) is 24.6 Å². The number of rotatable bonds is 10. The molecule has 0 bridgehead atoms. The van der Waals surface area contributed by atoms with Gasteiger partial charge in [-0.2, -0.15) is 0 Å². The number of benzene rings is 1. The predicted molar refractivity (Wildman–Crippen MR) is 111 cm³/mol. The minimum absolute atomic E-state index is 0.0203. The summed E-state index contributed by atoms with van der Waals surface area (Å²) in [6.45, 7) is 9.62. The van der Waals surface area contributed by atoms with Crippen molar-refractivity contribution < 1.29 is 43.5 Å². The fourth-order valence-electron chi connectivity index (χ4n) is 2.13.